The summed E-state index contributed by atoms with van der Waals surface area (Å²) in [6.45, 7) is 4.92. The maximum absolute atomic E-state index is 11.5. The van der Waals surface area contributed by atoms with E-state index in [0.29, 0.717) is 22.6 Å². The molecule has 1 saturated heterocycles. The Labute approximate surface area is 230 Å². The minimum Gasteiger partial charge on any atom is -0.351 e. The van der Waals surface area contributed by atoms with Crippen molar-refractivity contribution in [2.24, 2.45) is 0 Å². The number of benzene rings is 2. The van der Waals surface area contributed by atoms with E-state index in [-0.39, 0.29) is 11.1 Å². The normalized spacial score (nSPS) is 16.1. The van der Waals surface area contributed by atoms with E-state index in [2.05, 4.69) is 74.4 Å². The monoisotopic (exact) mass is 531 g/mol. The molecule has 1 aliphatic heterocycles. The van der Waals surface area contributed by atoms with Gasteiger partial charge in [0.2, 0.25) is 5.95 Å². The highest BCUT2D eigenvalue weighted by molar-refractivity contribution is 8.18. The number of amides is 2. The number of hydrogen-bond donors (Lipinski definition) is 3. The summed E-state index contributed by atoms with van der Waals surface area (Å²) in [7, 11) is 1.97. The molecule has 0 bridgehead atoms. The van der Waals surface area contributed by atoms with Gasteiger partial charge in [-0.25, -0.2) is 9.97 Å². The fourth-order valence-corrected chi connectivity index (χ4v) is 4.87. The standard InChI is InChI=1S/C14H16N4O2S.C14H15N.C2H6/c19-12-11(21-14(20)18-12)8-10-6-7-15-13(17-10)16-9-4-2-1-3-5-9;1-15-11-12-6-5-9-14(10-12)13-7-3-2-4-8-13;1-2/h6-9H,1-5H2,(H,15,16,17)(H,18,19,20);2-10,15H,11H2,1H3;1-2H3/b11-8-;;. The Morgan fingerprint density at radius 1 is 0.974 bits per heavy atom. The predicted molar refractivity (Wildman–Crippen MR) is 158 cm³/mol. The summed E-state index contributed by atoms with van der Waals surface area (Å²) in [5.74, 6) is 0.205. The Bertz CT molecular complexity index is 1210. The van der Waals surface area contributed by atoms with Crippen molar-refractivity contribution in [3.05, 3.63) is 83.0 Å². The Morgan fingerprint density at radius 3 is 2.39 bits per heavy atom. The van der Waals surface area contributed by atoms with Gasteiger partial charge in [-0.3, -0.25) is 14.9 Å². The fraction of sp³-hybridized carbons (Fsp3) is 0.333. The minimum atomic E-state index is -0.370. The maximum atomic E-state index is 11.5. The molecule has 38 heavy (non-hydrogen) atoms. The summed E-state index contributed by atoms with van der Waals surface area (Å²) < 4.78 is 0. The molecule has 5 rings (SSSR count). The quantitative estimate of drug-likeness (QED) is 0.307. The van der Waals surface area contributed by atoms with Crippen LogP contribution in [0.5, 0.6) is 0 Å². The average Bonchev–Trinajstić information content (AvgIpc) is 3.27. The molecule has 7 nitrogen and oxygen atoms in total. The van der Waals surface area contributed by atoms with Gasteiger partial charge >= 0.3 is 0 Å². The van der Waals surface area contributed by atoms with Crippen molar-refractivity contribution in [2.75, 3.05) is 12.4 Å². The first-order valence-corrected chi connectivity index (χ1v) is 14.1. The molecule has 3 aromatic rings. The molecule has 1 saturated carbocycles. The van der Waals surface area contributed by atoms with Crippen LogP contribution in [0.25, 0.3) is 17.2 Å². The molecule has 3 N–H and O–H groups in total. The van der Waals surface area contributed by atoms with E-state index in [4.69, 9.17) is 0 Å². The molecular weight excluding hydrogens is 494 g/mol. The van der Waals surface area contributed by atoms with Crippen molar-refractivity contribution in [3.8, 4) is 11.1 Å². The highest BCUT2D eigenvalue weighted by Crippen LogP contribution is 2.25. The maximum Gasteiger partial charge on any atom is 0.290 e. The van der Waals surface area contributed by atoms with Crippen LogP contribution < -0.4 is 16.0 Å². The average molecular weight is 532 g/mol. The number of nitrogens with zero attached hydrogens (tertiary/aromatic N) is 2. The summed E-state index contributed by atoms with van der Waals surface area (Å²) in [6.07, 6.45) is 9.32. The van der Waals surface area contributed by atoms with Crippen LogP contribution in [0.15, 0.2) is 71.8 Å². The van der Waals surface area contributed by atoms with E-state index >= 15 is 0 Å². The van der Waals surface area contributed by atoms with E-state index in [0.717, 1.165) is 31.1 Å². The third kappa shape index (κ3) is 9.11. The predicted octanol–water partition coefficient (Wildman–Crippen LogP) is 6.64. The third-order valence-electron chi connectivity index (χ3n) is 5.95. The van der Waals surface area contributed by atoms with Crippen molar-refractivity contribution in [1.82, 2.24) is 20.6 Å². The lowest BCUT2D eigenvalue weighted by atomic mass is 9.96. The van der Waals surface area contributed by atoms with E-state index in [1.165, 1.54) is 36.0 Å². The second-order valence-corrected chi connectivity index (χ2v) is 9.75. The molecule has 2 aliphatic rings. The number of rotatable bonds is 6. The van der Waals surface area contributed by atoms with Gasteiger partial charge in [-0.1, -0.05) is 81.6 Å². The molecule has 1 aromatic heterocycles. The van der Waals surface area contributed by atoms with Crippen molar-refractivity contribution in [3.63, 3.8) is 0 Å². The second kappa shape index (κ2) is 15.7. The van der Waals surface area contributed by atoms with Gasteiger partial charge in [0.15, 0.2) is 0 Å². The molecule has 0 spiro atoms. The van der Waals surface area contributed by atoms with Gasteiger partial charge in [0.1, 0.15) is 0 Å². The Kier molecular flexibility index (Phi) is 12.0. The molecule has 0 unspecified atom stereocenters. The zero-order valence-electron chi connectivity index (χ0n) is 22.4. The number of aromatic nitrogens is 2. The molecule has 200 valence electrons. The van der Waals surface area contributed by atoms with Crippen LogP contribution in [0.1, 0.15) is 57.2 Å². The number of anilines is 1. The van der Waals surface area contributed by atoms with Gasteiger partial charge in [-0.05, 0) is 66.6 Å². The van der Waals surface area contributed by atoms with Gasteiger partial charge in [0, 0.05) is 18.8 Å². The van der Waals surface area contributed by atoms with E-state index in [1.807, 2.05) is 27.0 Å². The van der Waals surface area contributed by atoms with Crippen molar-refractivity contribution >= 4 is 34.9 Å². The minimum absolute atomic E-state index is 0.346. The highest BCUT2D eigenvalue weighted by Gasteiger charge is 2.25. The second-order valence-electron chi connectivity index (χ2n) is 8.73. The number of imide groups is 1. The number of thioether (sulfide) groups is 1. The number of nitrogens with one attached hydrogen (secondary N) is 3. The molecule has 2 fully saturated rings. The van der Waals surface area contributed by atoms with Crippen LogP contribution in [0.2, 0.25) is 0 Å². The number of carbonyl (C=O) groups is 2. The van der Waals surface area contributed by atoms with E-state index < -0.39 is 0 Å². The molecule has 8 heteroatoms. The third-order valence-corrected chi connectivity index (χ3v) is 6.76. The SMILES string of the molecule is CC.CNCc1cccc(-c2ccccc2)c1.O=C1NC(=O)/C(=C/c2ccnc(NC3CCCCC3)n2)S1. The Morgan fingerprint density at radius 2 is 1.71 bits per heavy atom. The topological polar surface area (TPSA) is 96.0 Å². The first-order chi connectivity index (χ1) is 18.6. The van der Waals surface area contributed by atoms with Crippen molar-refractivity contribution in [2.45, 2.75) is 58.5 Å². The summed E-state index contributed by atoms with van der Waals surface area (Å²) in [4.78, 5) is 31.6. The largest absolute Gasteiger partial charge is 0.351 e. The molecular formula is C30H37N5O2S. The highest BCUT2D eigenvalue weighted by atomic mass is 32.2. The first-order valence-electron chi connectivity index (χ1n) is 13.2. The summed E-state index contributed by atoms with van der Waals surface area (Å²) in [6, 6.07) is 21.2. The summed E-state index contributed by atoms with van der Waals surface area (Å²) in [5, 5.41) is 8.38. The van der Waals surface area contributed by atoms with Crippen molar-refractivity contribution in [1.29, 1.82) is 0 Å². The van der Waals surface area contributed by atoms with E-state index in [1.54, 1.807) is 18.3 Å². The van der Waals surface area contributed by atoms with Gasteiger partial charge in [0.05, 0.1) is 10.6 Å². The summed E-state index contributed by atoms with van der Waals surface area (Å²) in [5.41, 5.74) is 4.49. The molecule has 2 heterocycles. The Hall–Kier alpha value is -3.49. The zero-order valence-corrected chi connectivity index (χ0v) is 23.2. The zero-order chi connectivity index (χ0) is 27.2. The molecule has 0 radical (unpaired) electrons. The van der Waals surface area contributed by atoms with Crippen LogP contribution in [-0.2, 0) is 11.3 Å². The first kappa shape index (κ1) is 29.1. The lowest BCUT2D eigenvalue weighted by Crippen LogP contribution is -2.23. The van der Waals surface area contributed by atoms with Crippen LogP contribution in [0.4, 0.5) is 10.7 Å². The van der Waals surface area contributed by atoms with E-state index in [9.17, 15) is 9.59 Å². The van der Waals surface area contributed by atoms with Gasteiger partial charge < -0.3 is 10.6 Å². The summed E-state index contributed by atoms with van der Waals surface area (Å²) >= 11 is 0.891. The number of hydrogen-bond acceptors (Lipinski definition) is 7. The lowest BCUT2D eigenvalue weighted by Gasteiger charge is -2.22. The van der Waals surface area contributed by atoms with Gasteiger partial charge in [0.25, 0.3) is 11.1 Å². The molecule has 0 atom stereocenters. The van der Waals surface area contributed by atoms with Crippen LogP contribution in [0, 0.1) is 0 Å². The fourth-order valence-electron chi connectivity index (χ4n) is 4.20. The molecule has 2 amide bonds. The number of carbonyl (C=O) groups excluding carboxylic acids is 2. The lowest BCUT2D eigenvalue weighted by molar-refractivity contribution is -0.115. The van der Waals surface area contributed by atoms with Crippen LogP contribution in [-0.4, -0.2) is 34.2 Å². The van der Waals surface area contributed by atoms with Crippen molar-refractivity contribution < 1.29 is 9.59 Å². The molecule has 2 aromatic carbocycles. The van der Waals surface area contributed by atoms with Gasteiger partial charge in [-0.2, -0.15) is 0 Å². The molecule has 1 aliphatic carbocycles. The van der Waals surface area contributed by atoms with Crippen LogP contribution in [0.3, 0.4) is 0 Å². The Balaban J connectivity index is 0.000000208. The van der Waals surface area contributed by atoms with Gasteiger partial charge in [-0.15, -0.1) is 0 Å². The smallest absolute Gasteiger partial charge is 0.290 e. The van der Waals surface area contributed by atoms with Crippen LogP contribution >= 0.6 is 11.8 Å².